The molecule has 1 unspecified atom stereocenters. The van der Waals surface area contributed by atoms with E-state index in [2.05, 4.69) is 21.3 Å². The van der Waals surface area contributed by atoms with E-state index in [4.69, 9.17) is 52.5 Å². The first-order valence-electron chi connectivity index (χ1n) is 21.8. The Labute approximate surface area is 388 Å². The molecule has 3 amide bonds. The first kappa shape index (κ1) is 57.1. The molecule has 1 heterocycles. The van der Waals surface area contributed by atoms with Crippen molar-refractivity contribution in [2.45, 2.75) is 128 Å². The number of fused-ring (bicyclic) bond motifs is 2. The van der Waals surface area contributed by atoms with E-state index >= 15 is 4.79 Å². The smallest absolute Gasteiger partial charge is 0.490 e. The van der Waals surface area contributed by atoms with Crippen molar-refractivity contribution in [3.05, 3.63) is 47.0 Å². The standard InChI is InChI=1S/C43H67N9O8.C2HF3O2/c1-10-24(4)36(51-38(55)30(45)14-11-12-18-44)40(57)52-43(25(5)53,37(54)31(15-13-19-49-41(47)48)50-39(56)35(46)23(2)3)29-20-27(59-9)22-33-34(29)42(6,7)28-17-16-26(58-8)21-32(28)60-33;3-2(4,5)1(6)7/h16-17,20-24,30-31,35-36H,10-15,18-19,44-46H2,1-9H3,(H,50,56)(H,51,55)(H,52,57)(H4,47,48,49);(H,6,7)/t24-,30-,31-,35-,36-,43?;/m0./s1. The van der Waals surface area contributed by atoms with Gasteiger partial charge in [0.05, 0.1) is 32.3 Å². The maximum absolute atomic E-state index is 15.8. The number of rotatable bonds is 23. The molecule has 6 atom stereocenters. The quantitative estimate of drug-likeness (QED) is 0.0331. The summed E-state index contributed by atoms with van der Waals surface area (Å²) in [6.45, 7) is 12.7. The number of benzene rings is 2. The van der Waals surface area contributed by atoms with Crippen molar-refractivity contribution < 1.29 is 61.3 Å². The number of halogens is 3. The van der Waals surface area contributed by atoms with Crippen LogP contribution in [0.4, 0.5) is 13.2 Å². The van der Waals surface area contributed by atoms with Gasteiger partial charge in [-0.25, -0.2) is 4.79 Å². The van der Waals surface area contributed by atoms with Crippen LogP contribution >= 0.6 is 0 Å². The number of ether oxygens (including phenoxy) is 3. The summed E-state index contributed by atoms with van der Waals surface area (Å²) >= 11 is 0. The Bertz CT molecular complexity index is 2100. The van der Waals surface area contributed by atoms with Crippen LogP contribution < -0.4 is 58.4 Å². The largest absolute Gasteiger partial charge is 0.497 e. The van der Waals surface area contributed by atoms with E-state index < -0.39 is 82.5 Å². The number of carboxylic acid groups (broad SMARTS) is 1. The average molecular weight is 952 g/mol. The fourth-order valence-corrected chi connectivity index (χ4v) is 7.42. The van der Waals surface area contributed by atoms with E-state index in [9.17, 15) is 32.3 Å². The summed E-state index contributed by atoms with van der Waals surface area (Å²) in [5.74, 6) is -6.19. The lowest BCUT2D eigenvalue weighted by Gasteiger charge is -2.43. The summed E-state index contributed by atoms with van der Waals surface area (Å²) < 4.78 is 49.5. The van der Waals surface area contributed by atoms with Crippen LogP contribution in [0, 0.1) is 17.2 Å². The molecule has 3 rings (SSSR count). The van der Waals surface area contributed by atoms with Crippen molar-refractivity contribution in [3.8, 4) is 23.0 Å². The second kappa shape index (κ2) is 24.7. The summed E-state index contributed by atoms with van der Waals surface area (Å²) in [5.41, 5.74) is 21.3. The molecule has 0 radical (unpaired) electrons. The van der Waals surface area contributed by atoms with E-state index in [1.165, 1.54) is 27.2 Å². The Morgan fingerprint density at radius 3 is 1.99 bits per heavy atom. The van der Waals surface area contributed by atoms with Crippen LogP contribution in [0.25, 0.3) is 0 Å². The van der Waals surface area contributed by atoms with Gasteiger partial charge in [0.2, 0.25) is 17.7 Å². The molecule has 0 spiro atoms. The van der Waals surface area contributed by atoms with Crippen molar-refractivity contribution in [1.29, 1.82) is 5.41 Å². The number of carbonyl (C=O) groups is 6. The Morgan fingerprint density at radius 1 is 0.881 bits per heavy atom. The SMILES string of the molecule is CC[C@H](C)[C@H](NC(=O)[C@@H](N)CCCCN)C(=O)NC(C(C)=O)(C(=O)[C@H](CCCNC(=N)N)NC(=O)[C@@H](N)C(C)C)c1cc(OC)cc2c1C(C)(C)c1ccc(OC)cc1O2.O=C(O)C(F)(F)F. The van der Waals surface area contributed by atoms with Crippen LogP contribution in [0.2, 0.25) is 0 Å². The van der Waals surface area contributed by atoms with Gasteiger partial charge in [0.15, 0.2) is 23.1 Å². The van der Waals surface area contributed by atoms with Gasteiger partial charge in [-0.1, -0.05) is 60.5 Å². The number of aliphatic carboxylic acids is 1. The Morgan fingerprint density at radius 2 is 1.48 bits per heavy atom. The Kier molecular flexibility index (Phi) is 21.0. The van der Waals surface area contributed by atoms with Gasteiger partial charge in [0, 0.05) is 40.8 Å². The van der Waals surface area contributed by atoms with Gasteiger partial charge in [-0.05, 0) is 63.1 Å². The van der Waals surface area contributed by atoms with E-state index in [0.717, 1.165) is 0 Å². The number of nitrogens with one attached hydrogen (secondary N) is 5. The first-order valence-corrected chi connectivity index (χ1v) is 21.8. The van der Waals surface area contributed by atoms with Crippen molar-refractivity contribution in [2.24, 2.45) is 34.8 Å². The molecule has 67 heavy (non-hydrogen) atoms. The van der Waals surface area contributed by atoms with Crippen LogP contribution in [-0.2, 0) is 39.7 Å². The molecular formula is C45H68F3N9O10. The molecule has 0 saturated carbocycles. The Hall–Kier alpha value is -6.00. The summed E-state index contributed by atoms with van der Waals surface area (Å²) in [5, 5.41) is 25.9. The van der Waals surface area contributed by atoms with Gasteiger partial charge in [-0.3, -0.25) is 29.4 Å². The van der Waals surface area contributed by atoms with Crippen LogP contribution in [0.3, 0.4) is 0 Å². The average Bonchev–Trinajstić information content (AvgIpc) is 3.26. The highest BCUT2D eigenvalue weighted by molar-refractivity contribution is 6.17. The molecule has 2 aromatic carbocycles. The van der Waals surface area contributed by atoms with Crippen molar-refractivity contribution >= 4 is 41.2 Å². The maximum atomic E-state index is 15.8. The molecule has 0 saturated heterocycles. The fourth-order valence-electron chi connectivity index (χ4n) is 7.42. The minimum Gasteiger partial charge on any atom is -0.497 e. The first-order chi connectivity index (χ1) is 31.1. The predicted molar refractivity (Wildman–Crippen MR) is 244 cm³/mol. The van der Waals surface area contributed by atoms with Gasteiger partial charge in [-0.15, -0.1) is 0 Å². The van der Waals surface area contributed by atoms with Crippen LogP contribution in [0.15, 0.2) is 30.3 Å². The molecule has 22 heteroatoms. The second-order valence-electron chi connectivity index (χ2n) is 17.2. The molecule has 0 bridgehead atoms. The molecular weight excluding hydrogens is 884 g/mol. The van der Waals surface area contributed by atoms with E-state index in [0.29, 0.717) is 54.9 Å². The van der Waals surface area contributed by atoms with Gasteiger partial charge in [0.25, 0.3) is 0 Å². The minimum absolute atomic E-state index is 0.0381. The monoisotopic (exact) mass is 952 g/mol. The number of ketones is 2. The lowest BCUT2D eigenvalue weighted by Crippen LogP contribution is -2.66. The number of Topliss-reactive ketones (excluding diaryl/α,β-unsaturated/α-hetero) is 2. The minimum atomic E-state index is -5.08. The van der Waals surface area contributed by atoms with E-state index in [1.807, 2.05) is 26.8 Å². The lowest BCUT2D eigenvalue weighted by atomic mass is 9.67. The zero-order valence-corrected chi connectivity index (χ0v) is 39.6. The molecule has 0 aromatic heterocycles. The maximum Gasteiger partial charge on any atom is 0.490 e. The third-order valence-electron chi connectivity index (χ3n) is 11.6. The zero-order valence-electron chi connectivity index (χ0n) is 39.6. The summed E-state index contributed by atoms with van der Waals surface area (Å²) in [6, 6.07) is 3.80. The molecule has 19 nitrogen and oxygen atoms in total. The third-order valence-corrected chi connectivity index (χ3v) is 11.6. The number of carbonyl (C=O) groups excluding carboxylic acids is 5. The highest BCUT2D eigenvalue weighted by Gasteiger charge is 2.54. The summed E-state index contributed by atoms with van der Waals surface area (Å²) in [7, 11) is 2.94. The van der Waals surface area contributed by atoms with E-state index in [-0.39, 0.29) is 48.3 Å². The molecule has 2 aromatic rings. The zero-order chi connectivity index (χ0) is 51.2. The van der Waals surface area contributed by atoms with Gasteiger partial charge >= 0.3 is 12.1 Å². The van der Waals surface area contributed by atoms with Crippen molar-refractivity contribution in [1.82, 2.24) is 21.3 Å². The second-order valence-corrected chi connectivity index (χ2v) is 17.2. The third kappa shape index (κ3) is 14.5. The van der Waals surface area contributed by atoms with Crippen LogP contribution in [0.1, 0.15) is 104 Å². The van der Waals surface area contributed by atoms with Gasteiger partial charge < -0.3 is 63.5 Å². The Balaban J connectivity index is 0.00000203. The fraction of sp³-hybridized carbons (Fsp3) is 0.578. The number of hydrogen-bond acceptors (Lipinski definition) is 13. The van der Waals surface area contributed by atoms with Crippen molar-refractivity contribution in [3.63, 3.8) is 0 Å². The molecule has 1 aliphatic rings. The lowest BCUT2D eigenvalue weighted by molar-refractivity contribution is -0.192. The highest BCUT2D eigenvalue weighted by Crippen LogP contribution is 2.53. The van der Waals surface area contributed by atoms with Gasteiger partial charge in [0.1, 0.15) is 29.0 Å². The number of methoxy groups -OCH3 is 2. The topological polar surface area (TPSA) is 326 Å². The normalized spacial score (nSPS) is 15.7. The molecule has 0 fully saturated rings. The number of hydrogen-bond donors (Lipinski definition) is 10. The number of alkyl halides is 3. The summed E-state index contributed by atoms with van der Waals surface area (Å²) in [4.78, 5) is 81.7. The number of unbranched alkanes of at least 4 members (excludes halogenated alkanes) is 1. The molecule has 1 aliphatic heterocycles. The number of nitrogens with two attached hydrogens (primary N) is 4. The van der Waals surface area contributed by atoms with Crippen LogP contribution in [-0.4, -0.2) is 104 Å². The molecule has 14 N–H and O–H groups in total. The predicted octanol–water partition coefficient (Wildman–Crippen LogP) is 2.96. The number of carboxylic acids is 1. The number of guanidine groups is 1. The highest BCUT2D eigenvalue weighted by atomic mass is 19.4. The van der Waals surface area contributed by atoms with Crippen LogP contribution in [0.5, 0.6) is 23.0 Å². The molecule has 374 valence electrons. The summed E-state index contributed by atoms with van der Waals surface area (Å²) in [6.07, 6.45) is -2.94. The van der Waals surface area contributed by atoms with E-state index in [1.54, 1.807) is 39.0 Å². The molecule has 0 aliphatic carbocycles. The number of amides is 3. The van der Waals surface area contributed by atoms with Gasteiger partial charge in [-0.2, -0.15) is 13.2 Å². The van der Waals surface area contributed by atoms with Crippen molar-refractivity contribution in [2.75, 3.05) is 27.3 Å².